The summed E-state index contributed by atoms with van der Waals surface area (Å²) >= 11 is 12.6. The molecule has 2 aromatic carbocycles. The zero-order chi connectivity index (χ0) is 19.8. The highest BCUT2D eigenvalue weighted by atomic mass is 35.5. The third-order valence-electron chi connectivity index (χ3n) is 6.04. The molecule has 29 heavy (non-hydrogen) atoms. The van der Waals surface area contributed by atoms with Crippen LogP contribution in [0.5, 0.6) is 0 Å². The second-order valence-electron chi connectivity index (χ2n) is 7.93. The Morgan fingerprint density at radius 3 is 2.59 bits per heavy atom. The van der Waals surface area contributed by atoms with Gasteiger partial charge in [-0.05, 0) is 56.1 Å². The molecule has 1 fully saturated rings. The Balaban J connectivity index is 1.36. The van der Waals surface area contributed by atoms with E-state index in [0.29, 0.717) is 16.0 Å². The molecule has 0 radical (unpaired) electrons. The summed E-state index contributed by atoms with van der Waals surface area (Å²) in [6.45, 7) is 4.20. The van der Waals surface area contributed by atoms with E-state index < -0.39 is 0 Å². The molecule has 1 aromatic heterocycles. The van der Waals surface area contributed by atoms with Gasteiger partial charge in [0, 0.05) is 29.6 Å². The molecule has 3 aromatic rings. The molecule has 0 atom stereocenters. The zero-order valence-electron chi connectivity index (χ0n) is 16.2. The molecule has 2 aliphatic heterocycles. The lowest BCUT2D eigenvalue weighted by atomic mass is 9.90. The van der Waals surface area contributed by atoms with E-state index >= 15 is 0 Å². The van der Waals surface area contributed by atoms with Crippen molar-refractivity contribution < 1.29 is 0 Å². The number of halogens is 2. The number of nitrogens with zero attached hydrogens (tertiary/aromatic N) is 3. The van der Waals surface area contributed by atoms with E-state index in [2.05, 4.69) is 40.5 Å². The molecular weight excluding hydrogens is 403 g/mol. The van der Waals surface area contributed by atoms with Crippen molar-refractivity contribution in [2.24, 2.45) is 0 Å². The molecular formula is C23H24Cl2N4. The molecule has 2 aliphatic rings. The van der Waals surface area contributed by atoms with Crippen molar-refractivity contribution in [3.05, 3.63) is 75.4 Å². The van der Waals surface area contributed by atoms with Crippen molar-refractivity contribution in [1.29, 1.82) is 0 Å². The van der Waals surface area contributed by atoms with Crippen LogP contribution in [-0.4, -0.2) is 34.3 Å². The van der Waals surface area contributed by atoms with Crippen LogP contribution in [0.1, 0.15) is 35.6 Å². The number of fused-ring (bicyclic) bond motifs is 1. The summed E-state index contributed by atoms with van der Waals surface area (Å²) in [5.41, 5.74) is 4.88. The largest absolute Gasteiger partial charge is 0.369 e. The molecule has 6 heteroatoms. The van der Waals surface area contributed by atoms with Gasteiger partial charge in [0.05, 0.1) is 16.4 Å². The average molecular weight is 427 g/mol. The van der Waals surface area contributed by atoms with Crippen LogP contribution >= 0.6 is 23.2 Å². The highest BCUT2D eigenvalue weighted by Gasteiger charge is 2.30. The second-order valence-corrected chi connectivity index (χ2v) is 8.78. The first kappa shape index (κ1) is 19.0. The Morgan fingerprint density at radius 2 is 1.83 bits per heavy atom. The fraction of sp³-hybridized carbons (Fsp3) is 0.348. The summed E-state index contributed by atoms with van der Waals surface area (Å²) in [5.74, 6) is 1.60. The molecule has 0 bridgehead atoms. The summed E-state index contributed by atoms with van der Waals surface area (Å²) in [7, 11) is 0. The maximum atomic E-state index is 6.48. The minimum absolute atomic E-state index is 0.503. The summed E-state index contributed by atoms with van der Waals surface area (Å²) in [6, 6.07) is 16.3. The molecule has 0 amide bonds. The van der Waals surface area contributed by atoms with Gasteiger partial charge in [0.15, 0.2) is 0 Å². The number of aromatic nitrogens is 2. The SMILES string of the molecule is Clc1ccc(-n2nc(C3CCN(Cc4ccccc4)CC3)c3c2NCC3)c(Cl)c1. The summed E-state index contributed by atoms with van der Waals surface area (Å²) in [5, 5.41) is 9.81. The fourth-order valence-corrected chi connectivity index (χ4v) is 5.05. The van der Waals surface area contributed by atoms with Crippen molar-refractivity contribution in [3.63, 3.8) is 0 Å². The number of nitrogens with one attached hydrogen (secondary N) is 1. The molecule has 0 unspecified atom stereocenters. The van der Waals surface area contributed by atoms with E-state index in [1.807, 2.05) is 16.8 Å². The minimum Gasteiger partial charge on any atom is -0.369 e. The summed E-state index contributed by atoms with van der Waals surface area (Å²) < 4.78 is 1.98. The van der Waals surface area contributed by atoms with Crippen LogP contribution in [-0.2, 0) is 13.0 Å². The lowest BCUT2D eigenvalue weighted by molar-refractivity contribution is 0.203. The number of likely N-dealkylation sites (tertiary alicyclic amines) is 1. The van der Waals surface area contributed by atoms with Gasteiger partial charge in [-0.1, -0.05) is 53.5 Å². The van der Waals surface area contributed by atoms with Crippen molar-refractivity contribution >= 4 is 29.0 Å². The van der Waals surface area contributed by atoms with E-state index in [9.17, 15) is 0 Å². The van der Waals surface area contributed by atoms with Gasteiger partial charge in [-0.25, -0.2) is 4.68 Å². The molecule has 0 saturated carbocycles. The van der Waals surface area contributed by atoms with Gasteiger partial charge in [0.2, 0.25) is 0 Å². The van der Waals surface area contributed by atoms with Crippen LogP contribution in [0.4, 0.5) is 5.82 Å². The van der Waals surface area contributed by atoms with Crippen LogP contribution in [0, 0.1) is 0 Å². The Bertz CT molecular complexity index is 1010. The van der Waals surface area contributed by atoms with Crippen molar-refractivity contribution in [1.82, 2.24) is 14.7 Å². The lowest BCUT2D eigenvalue weighted by Crippen LogP contribution is -2.32. The van der Waals surface area contributed by atoms with Crippen molar-refractivity contribution in [3.8, 4) is 5.69 Å². The zero-order valence-corrected chi connectivity index (χ0v) is 17.8. The first-order valence-corrected chi connectivity index (χ1v) is 11.0. The van der Waals surface area contributed by atoms with Gasteiger partial charge < -0.3 is 5.32 Å². The average Bonchev–Trinajstić information content (AvgIpc) is 3.33. The predicted octanol–water partition coefficient (Wildman–Crippen LogP) is 5.53. The first-order valence-electron chi connectivity index (χ1n) is 10.3. The molecule has 0 aliphatic carbocycles. The molecule has 1 N–H and O–H groups in total. The number of benzene rings is 2. The number of piperidine rings is 1. The molecule has 3 heterocycles. The van der Waals surface area contributed by atoms with Gasteiger partial charge in [-0.3, -0.25) is 4.90 Å². The lowest BCUT2D eigenvalue weighted by Gasteiger charge is -2.31. The third-order valence-corrected chi connectivity index (χ3v) is 6.58. The highest BCUT2D eigenvalue weighted by molar-refractivity contribution is 6.35. The molecule has 5 rings (SSSR count). The van der Waals surface area contributed by atoms with Gasteiger partial charge in [-0.15, -0.1) is 0 Å². The van der Waals surface area contributed by atoms with Gasteiger partial charge in [-0.2, -0.15) is 5.10 Å². The molecule has 0 spiro atoms. The normalized spacial score (nSPS) is 17.3. The number of hydrogen-bond donors (Lipinski definition) is 1. The molecule has 150 valence electrons. The predicted molar refractivity (Wildman–Crippen MR) is 119 cm³/mol. The van der Waals surface area contributed by atoms with Gasteiger partial charge >= 0.3 is 0 Å². The van der Waals surface area contributed by atoms with Crippen molar-refractivity contribution in [2.45, 2.75) is 31.7 Å². The van der Waals surface area contributed by atoms with Crippen LogP contribution in [0.15, 0.2) is 48.5 Å². The maximum Gasteiger partial charge on any atom is 0.133 e. The number of anilines is 1. The standard InChI is InChI=1S/C23H24Cl2N4/c24-18-6-7-21(20(25)14-18)29-23-19(8-11-26-23)22(27-29)17-9-12-28(13-10-17)15-16-4-2-1-3-5-16/h1-7,14,17,26H,8-13,15H2. The second kappa shape index (κ2) is 8.02. The minimum atomic E-state index is 0.503. The fourth-order valence-electron chi connectivity index (χ4n) is 4.56. The Morgan fingerprint density at radius 1 is 1.03 bits per heavy atom. The highest BCUT2D eigenvalue weighted by Crippen LogP contribution is 2.38. The van der Waals surface area contributed by atoms with Gasteiger partial charge in [0.25, 0.3) is 0 Å². The topological polar surface area (TPSA) is 33.1 Å². The quantitative estimate of drug-likeness (QED) is 0.595. The van der Waals surface area contributed by atoms with E-state index in [4.69, 9.17) is 28.3 Å². The molecule has 1 saturated heterocycles. The summed E-state index contributed by atoms with van der Waals surface area (Å²) in [6.07, 6.45) is 3.31. The summed E-state index contributed by atoms with van der Waals surface area (Å²) in [4.78, 5) is 2.55. The van der Waals surface area contributed by atoms with E-state index in [1.54, 1.807) is 6.07 Å². The number of hydrogen-bond acceptors (Lipinski definition) is 3. The van der Waals surface area contributed by atoms with E-state index in [1.165, 1.54) is 16.8 Å². The third kappa shape index (κ3) is 3.77. The van der Waals surface area contributed by atoms with Crippen molar-refractivity contribution in [2.75, 3.05) is 25.0 Å². The van der Waals surface area contributed by atoms with Crippen LogP contribution in [0.3, 0.4) is 0 Å². The van der Waals surface area contributed by atoms with E-state index in [-0.39, 0.29) is 0 Å². The van der Waals surface area contributed by atoms with E-state index in [0.717, 1.165) is 56.9 Å². The monoisotopic (exact) mass is 426 g/mol. The number of rotatable bonds is 4. The Labute approximate surface area is 181 Å². The molecule has 4 nitrogen and oxygen atoms in total. The Hall–Kier alpha value is -2.01. The van der Waals surface area contributed by atoms with Crippen LogP contribution < -0.4 is 5.32 Å². The first-order chi connectivity index (χ1) is 14.2. The van der Waals surface area contributed by atoms with Crippen LogP contribution in [0.2, 0.25) is 10.0 Å². The van der Waals surface area contributed by atoms with Crippen LogP contribution in [0.25, 0.3) is 5.69 Å². The smallest absolute Gasteiger partial charge is 0.133 e. The van der Waals surface area contributed by atoms with Gasteiger partial charge in [0.1, 0.15) is 5.82 Å². The Kier molecular flexibility index (Phi) is 5.25. The maximum absolute atomic E-state index is 6.48.